The molecule has 590 valence electrons. The molecule has 0 radical (unpaired) electrons. The van der Waals surface area contributed by atoms with Crippen LogP contribution in [0.2, 0.25) is 0 Å². The van der Waals surface area contributed by atoms with Gasteiger partial charge in [0.1, 0.15) is 72.5 Å². The molecule has 48 nitrogen and oxygen atoms in total. The molecule has 2 fully saturated rings. The molecule has 2 aliphatic rings. The molecule has 14 atom stereocenters. The first-order valence-electron chi connectivity index (χ1n) is 29.3. The topological polar surface area (TPSA) is 727 Å². The lowest BCUT2D eigenvalue weighted by molar-refractivity contribution is -0.137. The first kappa shape index (κ1) is 92.2. The van der Waals surface area contributed by atoms with Gasteiger partial charge in [0.15, 0.2) is 45.6 Å². The van der Waals surface area contributed by atoms with E-state index in [1.54, 1.807) is 0 Å². The van der Waals surface area contributed by atoms with Gasteiger partial charge in [-0.3, -0.25) is 65.0 Å². The maximum absolute atomic E-state index is 12.6. The minimum absolute atomic E-state index is 0.0310. The maximum atomic E-state index is 12.6. The van der Waals surface area contributed by atoms with Crippen molar-refractivity contribution in [2.45, 2.75) is 116 Å². The van der Waals surface area contributed by atoms with Gasteiger partial charge in [0.25, 0.3) is 0 Å². The Hall–Kier alpha value is -4.18. The van der Waals surface area contributed by atoms with Gasteiger partial charge in [-0.2, -0.15) is 8.62 Å². The highest BCUT2D eigenvalue weighted by molar-refractivity contribution is 8.59. The van der Waals surface area contributed by atoms with Gasteiger partial charge in [-0.15, -0.1) is 23.3 Å². The van der Waals surface area contributed by atoms with E-state index in [4.69, 9.17) is 39.0 Å². The minimum atomic E-state index is -5.56. The second kappa shape index (κ2) is 40.0. The molecule has 20 N–H and O–H groups in total. The Balaban J connectivity index is 0.000000430. The molecule has 2 saturated heterocycles. The Morgan fingerprint density at radius 2 is 0.875 bits per heavy atom. The van der Waals surface area contributed by atoms with E-state index in [0.29, 0.717) is 11.5 Å². The number of aromatic nitrogens is 8. The number of ether oxygens (including phenoxy) is 2. The van der Waals surface area contributed by atoms with Crippen LogP contribution in [0.3, 0.4) is 0 Å². The van der Waals surface area contributed by atoms with E-state index in [1.165, 1.54) is 41.5 Å². The number of phosphoric acid groups is 6. The predicted octanol–water partition coefficient (Wildman–Crippen LogP) is -1.87. The molecule has 2 aliphatic heterocycles. The number of carbonyl (C=O) groups is 6. The van der Waals surface area contributed by atoms with Crippen LogP contribution in [0.4, 0.5) is 11.6 Å². The third-order valence-electron chi connectivity index (χ3n) is 13.6. The van der Waals surface area contributed by atoms with Gasteiger partial charge in [-0.05, 0) is 0 Å². The fourth-order valence-corrected chi connectivity index (χ4v) is 15.3. The molecule has 104 heavy (non-hydrogen) atoms. The van der Waals surface area contributed by atoms with E-state index in [-0.39, 0.29) is 83.2 Å². The number of phosphoric ester groups is 6. The molecule has 6 unspecified atom stereocenters. The fraction of sp³-hybridized carbons (Fsp3) is 0.652. The number of nitrogens with zero attached hydrogens (tertiary/aromatic N) is 8. The number of thioether (sulfide) groups is 2. The largest absolute Gasteiger partial charge is 0.481 e. The molecule has 4 aromatic rings. The number of aliphatic hydroxyl groups is 4. The summed E-state index contributed by atoms with van der Waals surface area (Å²) in [6, 6.07) is 0. The molecule has 0 saturated carbocycles. The summed E-state index contributed by atoms with van der Waals surface area (Å²) in [7, 11) is -32.7. The third kappa shape index (κ3) is 29.7. The number of nitrogen functional groups attached to an aromatic ring is 2. The zero-order valence-electron chi connectivity index (χ0n) is 55.0. The Kier molecular flexibility index (Phi) is 35.4. The lowest BCUT2D eigenvalue weighted by Gasteiger charge is -2.30. The van der Waals surface area contributed by atoms with Crippen molar-refractivity contribution in [1.82, 2.24) is 60.3 Å². The summed E-state index contributed by atoms with van der Waals surface area (Å²) in [6.45, 7) is 3.80. The minimum Gasteiger partial charge on any atom is -0.386 e. The van der Waals surface area contributed by atoms with E-state index >= 15 is 0 Å². The van der Waals surface area contributed by atoms with Crippen molar-refractivity contribution in [3.63, 3.8) is 0 Å². The van der Waals surface area contributed by atoms with Crippen LogP contribution in [0.1, 0.15) is 66.8 Å². The summed E-state index contributed by atoms with van der Waals surface area (Å²) >= 11 is 8.49. The number of imidazole rings is 2. The summed E-state index contributed by atoms with van der Waals surface area (Å²) in [5.41, 5.74) is 8.52. The smallest absolute Gasteiger partial charge is 0.386 e. The number of fused-ring (bicyclic) bond motifs is 2. The van der Waals surface area contributed by atoms with Gasteiger partial charge in [0.2, 0.25) is 23.6 Å². The number of hydrogen-bond donors (Lipinski definition) is 20. The van der Waals surface area contributed by atoms with Crippen molar-refractivity contribution in [3.8, 4) is 0 Å². The number of hydrogen-bond acceptors (Lipinski definition) is 38. The highest BCUT2D eigenvalue weighted by Crippen LogP contribution is 2.63. The number of nitrogens with two attached hydrogens (primary N) is 2. The molecular formula is C46H78N14O34P6S4. The van der Waals surface area contributed by atoms with Gasteiger partial charge in [-0.1, -0.05) is 51.2 Å². The van der Waals surface area contributed by atoms with Crippen LogP contribution in [0.15, 0.2) is 25.3 Å². The quantitative estimate of drug-likeness (QED) is 0.0101. The molecule has 4 aromatic heterocycles. The normalized spacial score (nSPS) is 22.2. The molecule has 0 aromatic carbocycles. The Bertz CT molecular complexity index is 3670. The average molecular weight is 1690 g/mol. The van der Waals surface area contributed by atoms with Crippen LogP contribution in [0.25, 0.3) is 22.3 Å². The van der Waals surface area contributed by atoms with Gasteiger partial charge >= 0.3 is 46.9 Å². The highest BCUT2D eigenvalue weighted by Gasteiger charge is 2.52. The lowest BCUT2D eigenvalue weighted by Crippen LogP contribution is -2.46. The van der Waals surface area contributed by atoms with E-state index in [0.717, 1.165) is 58.0 Å². The number of anilines is 2. The van der Waals surface area contributed by atoms with E-state index in [9.17, 15) is 116 Å². The van der Waals surface area contributed by atoms with Crippen LogP contribution in [-0.4, -0.2) is 245 Å². The molecule has 0 bridgehead atoms. The van der Waals surface area contributed by atoms with Crippen LogP contribution in [0.5, 0.6) is 0 Å². The Labute approximate surface area is 607 Å². The first-order valence-corrected chi connectivity index (χ1v) is 41.9. The molecule has 6 rings (SSSR count). The molecular weight excluding hydrogens is 1610 g/mol. The third-order valence-corrected chi connectivity index (χ3v) is 21.4. The number of amides is 4. The second-order valence-corrected chi connectivity index (χ2v) is 33.8. The summed E-state index contributed by atoms with van der Waals surface area (Å²) in [5.74, 6) is -2.17. The summed E-state index contributed by atoms with van der Waals surface area (Å²) in [5, 5.41) is 52.1. The monoisotopic (exact) mass is 1680 g/mol. The zero-order chi connectivity index (χ0) is 78.7. The predicted molar refractivity (Wildman–Crippen MR) is 364 cm³/mol. The van der Waals surface area contributed by atoms with E-state index < -0.39 is 169 Å². The van der Waals surface area contributed by atoms with Crippen molar-refractivity contribution >= 4 is 162 Å². The number of nitrogens with one attached hydrogen (secondary N) is 4. The Morgan fingerprint density at radius 1 is 0.548 bits per heavy atom. The molecule has 6 heterocycles. The van der Waals surface area contributed by atoms with Crippen molar-refractivity contribution in [2.24, 2.45) is 10.8 Å². The number of rotatable bonds is 38. The maximum Gasteiger partial charge on any atom is 0.481 e. The Morgan fingerprint density at radius 3 is 1.19 bits per heavy atom. The molecule has 0 aliphatic carbocycles. The van der Waals surface area contributed by atoms with Crippen LogP contribution in [-0.2, 0) is 101 Å². The second-order valence-electron chi connectivity index (χ2n) is 22.8. The average Bonchev–Trinajstić information content (AvgIpc) is 1.62. The SMILES string of the molecule is CC(=O)SCCNC(=O)CCNC(=O)C(O)C(C)(C)COP(=O)(O)OP(=O)(O)OC[C@H]1O[C@@H](n2cnc3c(N)ncnc32)[C@H](O)[C@@H]1OP(=O)(O)O.CC(=O)SCCNC(=O)CCNC(=O)C(O)C(C)(C)COP(=O)(O)OP(=O)(O)OC[C@H]1O[C@@H](n2cnc3c(N)ncnc32)[C@H](O)[C@@H]1OP(=O)(O)O.SS. The van der Waals surface area contributed by atoms with Crippen molar-refractivity contribution in [1.29, 1.82) is 0 Å². The van der Waals surface area contributed by atoms with Crippen molar-refractivity contribution in [2.75, 3.05) is 75.6 Å². The summed E-state index contributed by atoms with van der Waals surface area (Å²) in [6.07, 6.45) is -13.8. The number of aliphatic hydroxyl groups excluding tert-OH is 4. The van der Waals surface area contributed by atoms with E-state index in [2.05, 4.69) is 92.2 Å². The fourth-order valence-electron chi connectivity index (χ4n) is 8.65. The van der Waals surface area contributed by atoms with Crippen molar-refractivity contribution < 1.29 is 161 Å². The summed E-state index contributed by atoms with van der Waals surface area (Å²) in [4.78, 5) is 172. The summed E-state index contributed by atoms with van der Waals surface area (Å²) < 4.78 is 124. The lowest BCUT2D eigenvalue weighted by atomic mass is 9.87. The van der Waals surface area contributed by atoms with Gasteiger partial charge < -0.3 is 102 Å². The number of thiol groups is 2. The number of carbonyl (C=O) groups excluding carboxylic acids is 6. The van der Waals surface area contributed by atoms with Gasteiger partial charge in [-0.25, -0.2) is 57.3 Å². The zero-order valence-corrected chi connectivity index (χ0v) is 63.8. The van der Waals surface area contributed by atoms with Crippen molar-refractivity contribution in [3.05, 3.63) is 25.3 Å². The molecule has 58 heteroatoms. The first-order chi connectivity index (χ1) is 48.0. The van der Waals surface area contributed by atoms with Gasteiger partial charge in [0, 0.05) is 75.2 Å². The highest BCUT2D eigenvalue weighted by atomic mass is 33.1. The molecule has 0 spiro atoms. The van der Waals surface area contributed by atoms with Crippen LogP contribution in [0, 0.1) is 10.8 Å². The standard InChI is InChI=1S/2C23H38N7O17P3S.H2S2/c2*1-12(31)51-7-6-25-14(32)4-5-26-21(35)18(34)23(2,3)9-44-50(41,42)47-49(39,40)43-8-13-17(46-48(36,37)38)16(33)22(45-13)30-11-29-15-19(24)27-10-28-20(15)30;1-2/h2*10-11,13,16-18,22,33-34H,4-9H2,1-3H3,(H,25,32)(H,26,35)(H,39,40)(H,41,42)(H2,24,27,28)(H2,36,37,38);1-2H/t2*13-,16-,17-,18?,22-;/m11./s1. The van der Waals surface area contributed by atoms with E-state index in [1.807, 2.05) is 0 Å². The van der Waals surface area contributed by atoms with Crippen LogP contribution < -0.4 is 32.7 Å². The van der Waals surface area contributed by atoms with Crippen LogP contribution >= 0.6 is 93.8 Å². The van der Waals surface area contributed by atoms with Gasteiger partial charge in [0.05, 0.1) is 39.1 Å². The molecule has 4 amide bonds.